The van der Waals surface area contributed by atoms with E-state index in [1.54, 1.807) is 0 Å². The summed E-state index contributed by atoms with van der Waals surface area (Å²) in [6.07, 6.45) is 0. The standard InChI is InChI=1S/C48H33N5/c1-48(2)39-22-12-9-19-33(39)37-29-44-38(28-40(37)48)36-26-25-32(52-41-23-13-10-20-34(41)35-21-11-14-24-42(35)52)27-43(36)53(44)47-50-45(30-15-5-3-6-16-30)49-46(51-47)31-17-7-4-8-18-31/h3-29H,1-2H3. The third kappa shape index (κ3) is 4.34. The molecule has 0 N–H and O–H groups in total. The summed E-state index contributed by atoms with van der Waals surface area (Å²) in [5, 5.41) is 4.80. The molecule has 53 heavy (non-hydrogen) atoms. The molecule has 11 rings (SSSR count). The van der Waals surface area contributed by atoms with Crippen LogP contribution in [0, 0.1) is 0 Å². The molecule has 0 saturated carbocycles. The smallest absolute Gasteiger partial charge is 0.238 e. The second kappa shape index (κ2) is 11.1. The van der Waals surface area contributed by atoms with E-state index in [4.69, 9.17) is 15.0 Å². The zero-order valence-corrected chi connectivity index (χ0v) is 29.3. The van der Waals surface area contributed by atoms with Crippen LogP contribution in [-0.4, -0.2) is 24.1 Å². The average molecular weight is 680 g/mol. The van der Waals surface area contributed by atoms with Gasteiger partial charge in [0.05, 0.1) is 22.1 Å². The number of para-hydroxylation sites is 2. The number of fused-ring (bicyclic) bond motifs is 9. The van der Waals surface area contributed by atoms with E-state index in [1.165, 1.54) is 49.4 Å². The minimum atomic E-state index is -0.133. The minimum absolute atomic E-state index is 0.133. The third-order valence-electron chi connectivity index (χ3n) is 11.2. The van der Waals surface area contributed by atoms with Crippen LogP contribution in [0.25, 0.3) is 89.2 Å². The normalized spacial score (nSPS) is 13.2. The summed E-state index contributed by atoms with van der Waals surface area (Å²) >= 11 is 0. The fourth-order valence-electron chi connectivity index (χ4n) is 8.65. The lowest BCUT2D eigenvalue weighted by Gasteiger charge is -2.21. The summed E-state index contributed by atoms with van der Waals surface area (Å²) in [5.74, 6) is 1.86. The lowest BCUT2D eigenvalue weighted by Crippen LogP contribution is -2.14. The predicted octanol–water partition coefficient (Wildman–Crippen LogP) is 11.7. The van der Waals surface area contributed by atoms with Crippen molar-refractivity contribution in [2.45, 2.75) is 19.3 Å². The molecule has 1 aliphatic carbocycles. The van der Waals surface area contributed by atoms with Gasteiger partial charge in [0.25, 0.3) is 0 Å². The molecule has 250 valence electrons. The van der Waals surface area contributed by atoms with E-state index in [1.807, 2.05) is 36.4 Å². The van der Waals surface area contributed by atoms with Crippen LogP contribution in [0.4, 0.5) is 0 Å². The van der Waals surface area contributed by atoms with Crippen molar-refractivity contribution in [1.82, 2.24) is 24.1 Å². The van der Waals surface area contributed by atoms with E-state index < -0.39 is 0 Å². The van der Waals surface area contributed by atoms with E-state index >= 15 is 0 Å². The molecule has 3 heterocycles. The second-order valence-electron chi connectivity index (χ2n) is 14.5. The average Bonchev–Trinajstić information content (AvgIpc) is 3.80. The van der Waals surface area contributed by atoms with Gasteiger partial charge in [0.2, 0.25) is 5.95 Å². The number of nitrogens with zero attached hydrogens (tertiary/aromatic N) is 5. The highest BCUT2D eigenvalue weighted by Crippen LogP contribution is 2.51. The van der Waals surface area contributed by atoms with Gasteiger partial charge in [-0.2, -0.15) is 9.97 Å². The van der Waals surface area contributed by atoms with Crippen molar-refractivity contribution in [1.29, 1.82) is 0 Å². The van der Waals surface area contributed by atoms with E-state index in [9.17, 15) is 0 Å². The Labute approximate surface area is 306 Å². The number of rotatable bonds is 4. The number of benzene rings is 7. The summed E-state index contributed by atoms with van der Waals surface area (Å²) in [6.45, 7) is 4.68. The summed E-state index contributed by atoms with van der Waals surface area (Å²) in [4.78, 5) is 15.6. The minimum Gasteiger partial charge on any atom is -0.309 e. The molecule has 0 unspecified atom stereocenters. The second-order valence-corrected chi connectivity index (χ2v) is 14.5. The maximum Gasteiger partial charge on any atom is 0.238 e. The van der Waals surface area contributed by atoms with Gasteiger partial charge >= 0.3 is 0 Å². The molecule has 3 aromatic heterocycles. The van der Waals surface area contributed by atoms with Crippen LogP contribution < -0.4 is 0 Å². The summed E-state index contributed by atoms with van der Waals surface area (Å²) < 4.78 is 4.64. The van der Waals surface area contributed by atoms with Crippen molar-refractivity contribution < 1.29 is 0 Å². The fraction of sp³-hybridized carbons (Fsp3) is 0.0625. The van der Waals surface area contributed by atoms with E-state index in [0.717, 1.165) is 33.2 Å². The first-order valence-electron chi connectivity index (χ1n) is 18.1. The van der Waals surface area contributed by atoms with Crippen LogP contribution in [0.1, 0.15) is 25.0 Å². The van der Waals surface area contributed by atoms with E-state index in [-0.39, 0.29) is 5.41 Å². The fourth-order valence-corrected chi connectivity index (χ4v) is 8.65. The van der Waals surface area contributed by atoms with Crippen molar-refractivity contribution >= 4 is 43.6 Å². The predicted molar refractivity (Wildman–Crippen MR) is 217 cm³/mol. The van der Waals surface area contributed by atoms with Gasteiger partial charge in [-0.1, -0.05) is 141 Å². The summed E-state index contributed by atoms with van der Waals surface area (Å²) in [6, 6.07) is 58.2. The third-order valence-corrected chi connectivity index (χ3v) is 11.2. The Kier molecular flexibility index (Phi) is 6.23. The molecular weight excluding hydrogens is 647 g/mol. The van der Waals surface area contributed by atoms with Gasteiger partial charge < -0.3 is 4.57 Å². The van der Waals surface area contributed by atoms with Gasteiger partial charge in [-0.25, -0.2) is 4.98 Å². The molecule has 0 spiro atoms. The maximum absolute atomic E-state index is 5.26. The molecule has 0 radical (unpaired) electrons. The van der Waals surface area contributed by atoms with Gasteiger partial charge in [-0.15, -0.1) is 0 Å². The lowest BCUT2D eigenvalue weighted by molar-refractivity contribution is 0.661. The van der Waals surface area contributed by atoms with Crippen molar-refractivity contribution in [2.24, 2.45) is 0 Å². The molecule has 0 atom stereocenters. The number of hydrogen-bond acceptors (Lipinski definition) is 3. The van der Waals surface area contributed by atoms with Crippen molar-refractivity contribution in [3.63, 3.8) is 0 Å². The van der Waals surface area contributed by atoms with Gasteiger partial charge in [-0.05, 0) is 58.7 Å². The molecule has 0 bridgehead atoms. The Balaban J connectivity index is 1.27. The molecule has 0 amide bonds. The number of aromatic nitrogens is 5. The Morgan fingerprint density at radius 3 is 1.60 bits per heavy atom. The van der Waals surface area contributed by atoms with E-state index in [0.29, 0.717) is 17.6 Å². The monoisotopic (exact) mass is 679 g/mol. The van der Waals surface area contributed by atoms with Crippen LogP contribution >= 0.6 is 0 Å². The summed E-state index contributed by atoms with van der Waals surface area (Å²) in [5.41, 5.74) is 12.5. The van der Waals surface area contributed by atoms with Gasteiger partial charge in [0.1, 0.15) is 0 Å². The molecule has 0 aliphatic heterocycles. The van der Waals surface area contributed by atoms with Gasteiger partial charge in [0.15, 0.2) is 11.6 Å². The highest BCUT2D eigenvalue weighted by atomic mass is 15.2. The molecule has 7 aromatic carbocycles. The van der Waals surface area contributed by atoms with E-state index in [2.05, 4.69) is 150 Å². The molecule has 0 saturated heterocycles. The molecule has 0 fully saturated rings. The Morgan fingerprint density at radius 2 is 0.943 bits per heavy atom. The van der Waals surface area contributed by atoms with Crippen LogP contribution in [0.2, 0.25) is 0 Å². The van der Waals surface area contributed by atoms with Crippen molar-refractivity contribution in [3.05, 3.63) is 175 Å². The topological polar surface area (TPSA) is 48.5 Å². The quantitative estimate of drug-likeness (QED) is 0.186. The largest absolute Gasteiger partial charge is 0.309 e. The molecule has 5 heteroatoms. The van der Waals surface area contributed by atoms with Crippen LogP contribution in [0.5, 0.6) is 0 Å². The maximum atomic E-state index is 5.26. The Morgan fingerprint density at radius 1 is 0.396 bits per heavy atom. The zero-order valence-electron chi connectivity index (χ0n) is 29.3. The Hall–Kier alpha value is -6.85. The van der Waals surface area contributed by atoms with Crippen molar-refractivity contribution in [2.75, 3.05) is 0 Å². The zero-order chi connectivity index (χ0) is 35.3. The van der Waals surface area contributed by atoms with Gasteiger partial charge in [-0.3, -0.25) is 4.57 Å². The number of hydrogen-bond donors (Lipinski definition) is 0. The Bertz CT molecular complexity index is 2970. The van der Waals surface area contributed by atoms with Crippen LogP contribution in [0.3, 0.4) is 0 Å². The van der Waals surface area contributed by atoms with Crippen molar-refractivity contribution in [3.8, 4) is 45.5 Å². The highest BCUT2D eigenvalue weighted by molar-refractivity contribution is 6.13. The van der Waals surface area contributed by atoms with Gasteiger partial charge in [0, 0.05) is 43.8 Å². The molecule has 1 aliphatic rings. The first-order chi connectivity index (χ1) is 26.0. The molecule has 10 aromatic rings. The molecular formula is C48H33N5. The lowest BCUT2D eigenvalue weighted by atomic mass is 9.82. The SMILES string of the molecule is CC1(C)c2ccccc2-c2cc3c(cc21)c1ccc(-n2c4ccccc4c4ccccc42)cc1n3-c1nc(-c2ccccc2)nc(-c2ccccc2)n1. The van der Waals surface area contributed by atoms with Crippen LogP contribution in [0.15, 0.2) is 164 Å². The highest BCUT2D eigenvalue weighted by Gasteiger charge is 2.36. The first kappa shape index (κ1) is 29.8. The molecule has 5 nitrogen and oxygen atoms in total. The summed E-state index contributed by atoms with van der Waals surface area (Å²) in [7, 11) is 0. The first-order valence-corrected chi connectivity index (χ1v) is 18.1. The van der Waals surface area contributed by atoms with Crippen LogP contribution in [-0.2, 0) is 5.41 Å².